The highest BCUT2D eigenvalue weighted by Gasteiger charge is 2.03. The minimum absolute atomic E-state index is 0.156. The predicted octanol–water partition coefficient (Wildman–Crippen LogP) is 1.99. The fourth-order valence-corrected chi connectivity index (χ4v) is 1.80. The molecule has 0 aliphatic rings. The van der Waals surface area contributed by atoms with Gasteiger partial charge in [-0.05, 0) is 35.0 Å². The van der Waals surface area contributed by atoms with Crippen LogP contribution < -0.4 is 5.73 Å². The van der Waals surface area contributed by atoms with Gasteiger partial charge in [0.25, 0.3) is 0 Å². The van der Waals surface area contributed by atoms with Crippen LogP contribution in [0.25, 0.3) is 5.65 Å². The van der Waals surface area contributed by atoms with Gasteiger partial charge in [-0.3, -0.25) is 0 Å². The van der Waals surface area contributed by atoms with Gasteiger partial charge < -0.3 is 10.1 Å². The molecule has 0 saturated heterocycles. The number of hydrogen-bond acceptors (Lipinski definition) is 2. The summed E-state index contributed by atoms with van der Waals surface area (Å²) in [5, 5.41) is 0. The van der Waals surface area contributed by atoms with Gasteiger partial charge in [-0.2, -0.15) is 0 Å². The summed E-state index contributed by atoms with van der Waals surface area (Å²) in [7, 11) is 0. The van der Waals surface area contributed by atoms with E-state index in [1.165, 1.54) is 0 Å². The Kier molecular flexibility index (Phi) is 2.56. The number of halogens is 1. The first kappa shape index (κ1) is 9.68. The fraction of sp³-hybridized carbons (Fsp3) is 0.300. The van der Waals surface area contributed by atoms with Gasteiger partial charge in [0.1, 0.15) is 5.65 Å². The number of rotatable bonds is 2. The molecule has 0 bridgehead atoms. The van der Waals surface area contributed by atoms with E-state index in [0.29, 0.717) is 0 Å². The molecule has 2 aromatic rings. The lowest BCUT2D eigenvalue weighted by Crippen LogP contribution is -2.17. The summed E-state index contributed by atoms with van der Waals surface area (Å²) in [4.78, 5) is 4.46. The molecule has 2 aromatic heterocycles. The third kappa shape index (κ3) is 1.96. The van der Waals surface area contributed by atoms with Crippen molar-refractivity contribution in [2.75, 3.05) is 0 Å². The molecule has 0 aromatic carbocycles. The Balaban J connectivity index is 2.41. The molecule has 2 N–H and O–H groups in total. The molecule has 0 aliphatic heterocycles. The van der Waals surface area contributed by atoms with Crippen LogP contribution in [-0.2, 0) is 6.42 Å². The molecule has 2 heterocycles. The standard InChI is InChI=1S/C10H12BrN3/c1-7(12)4-9-6-14-5-8(11)2-3-10(14)13-9/h2-3,5-7H,4,12H2,1H3. The summed E-state index contributed by atoms with van der Waals surface area (Å²) < 4.78 is 3.05. The lowest BCUT2D eigenvalue weighted by molar-refractivity contribution is 0.726. The van der Waals surface area contributed by atoms with E-state index in [4.69, 9.17) is 5.73 Å². The van der Waals surface area contributed by atoms with Crippen molar-refractivity contribution in [3.63, 3.8) is 0 Å². The molecule has 3 nitrogen and oxygen atoms in total. The van der Waals surface area contributed by atoms with Crippen LogP contribution in [0.2, 0.25) is 0 Å². The van der Waals surface area contributed by atoms with Gasteiger partial charge in [-0.1, -0.05) is 0 Å². The molecule has 0 saturated carbocycles. The first-order chi connectivity index (χ1) is 6.65. The van der Waals surface area contributed by atoms with Crippen LogP contribution >= 0.6 is 15.9 Å². The van der Waals surface area contributed by atoms with Crippen LogP contribution in [0.15, 0.2) is 29.0 Å². The molecule has 0 spiro atoms. The van der Waals surface area contributed by atoms with E-state index in [1.807, 2.05) is 35.9 Å². The number of hydrogen-bond donors (Lipinski definition) is 1. The zero-order valence-electron chi connectivity index (χ0n) is 7.94. The monoisotopic (exact) mass is 253 g/mol. The Hall–Kier alpha value is -0.870. The second-order valence-corrected chi connectivity index (χ2v) is 4.44. The molecular weight excluding hydrogens is 242 g/mol. The zero-order valence-corrected chi connectivity index (χ0v) is 9.53. The van der Waals surface area contributed by atoms with Crippen LogP contribution in [0, 0.1) is 0 Å². The minimum atomic E-state index is 0.156. The van der Waals surface area contributed by atoms with Crippen LogP contribution in [0.4, 0.5) is 0 Å². The first-order valence-electron chi connectivity index (χ1n) is 4.54. The minimum Gasteiger partial charge on any atom is -0.328 e. The molecule has 1 unspecified atom stereocenters. The largest absolute Gasteiger partial charge is 0.328 e. The maximum Gasteiger partial charge on any atom is 0.137 e. The van der Waals surface area contributed by atoms with Gasteiger partial charge in [0, 0.05) is 29.3 Å². The number of aromatic nitrogens is 2. The number of nitrogens with zero attached hydrogens (tertiary/aromatic N) is 2. The second kappa shape index (κ2) is 3.71. The van der Waals surface area contributed by atoms with Crippen molar-refractivity contribution in [3.05, 3.63) is 34.7 Å². The average molecular weight is 254 g/mol. The van der Waals surface area contributed by atoms with Gasteiger partial charge in [0.15, 0.2) is 0 Å². The molecule has 4 heteroatoms. The summed E-state index contributed by atoms with van der Waals surface area (Å²) in [6, 6.07) is 4.12. The van der Waals surface area contributed by atoms with E-state index < -0.39 is 0 Å². The average Bonchev–Trinajstić information content (AvgIpc) is 2.44. The lowest BCUT2D eigenvalue weighted by Gasteiger charge is -1.98. The highest BCUT2D eigenvalue weighted by Crippen LogP contribution is 2.12. The van der Waals surface area contributed by atoms with E-state index in [-0.39, 0.29) is 6.04 Å². The Morgan fingerprint density at radius 1 is 1.50 bits per heavy atom. The van der Waals surface area contributed by atoms with E-state index in [9.17, 15) is 0 Å². The third-order valence-electron chi connectivity index (χ3n) is 2.00. The van der Waals surface area contributed by atoms with E-state index >= 15 is 0 Å². The summed E-state index contributed by atoms with van der Waals surface area (Å²) in [5.41, 5.74) is 7.72. The number of nitrogens with two attached hydrogens (primary N) is 1. The number of fused-ring (bicyclic) bond motifs is 1. The molecule has 14 heavy (non-hydrogen) atoms. The molecular formula is C10H12BrN3. The molecule has 1 atom stereocenters. The van der Waals surface area contributed by atoms with E-state index in [0.717, 1.165) is 22.2 Å². The van der Waals surface area contributed by atoms with Crippen molar-refractivity contribution in [1.82, 2.24) is 9.38 Å². The van der Waals surface area contributed by atoms with Crippen molar-refractivity contribution in [1.29, 1.82) is 0 Å². The summed E-state index contributed by atoms with van der Waals surface area (Å²) >= 11 is 3.42. The molecule has 0 amide bonds. The Morgan fingerprint density at radius 2 is 2.29 bits per heavy atom. The SMILES string of the molecule is CC(N)Cc1cn2cc(Br)ccc2n1. The highest BCUT2D eigenvalue weighted by atomic mass is 79.9. The van der Waals surface area contributed by atoms with Crippen LogP contribution in [0.3, 0.4) is 0 Å². The Labute approximate surface area is 91.1 Å². The maximum absolute atomic E-state index is 5.72. The van der Waals surface area contributed by atoms with E-state index in [1.54, 1.807) is 0 Å². The Morgan fingerprint density at radius 3 is 3.00 bits per heavy atom. The van der Waals surface area contributed by atoms with Gasteiger partial charge in [0.2, 0.25) is 0 Å². The maximum atomic E-state index is 5.72. The normalized spacial score (nSPS) is 13.4. The van der Waals surface area contributed by atoms with Crippen LogP contribution in [-0.4, -0.2) is 15.4 Å². The van der Waals surface area contributed by atoms with E-state index in [2.05, 4.69) is 20.9 Å². The van der Waals surface area contributed by atoms with Crippen molar-refractivity contribution >= 4 is 21.6 Å². The van der Waals surface area contributed by atoms with Crippen molar-refractivity contribution in [2.24, 2.45) is 5.73 Å². The number of imidazole rings is 1. The second-order valence-electron chi connectivity index (χ2n) is 3.53. The van der Waals surface area contributed by atoms with Crippen molar-refractivity contribution < 1.29 is 0 Å². The Bertz CT molecular complexity index is 448. The van der Waals surface area contributed by atoms with Crippen LogP contribution in [0.1, 0.15) is 12.6 Å². The van der Waals surface area contributed by atoms with Crippen molar-refractivity contribution in [3.8, 4) is 0 Å². The summed E-state index contributed by atoms with van der Waals surface area (Å²) in [6.45, 7) is 1.99. The van der Waals surface area contributed by atoms with Crippen LogP contribution in [0.5, 0.6) is 0 Å². The highest BCUT2D eigenvalue weighted by molar-refractivity contribution is 9.10. The zero-order chi connectivity index (χ0) is 10.1. The quantitative estimate of drug-likeness (QED) is 0.890. The summed E-state index contributed by atoms with van der Waals surface area (Å²) in [6.07, 6.45) is 4.83. The van der Waals surface area contributed by atoms with Gasteiger partial charge in [-0.15, -0.1) is 0 Å². The van der Waals surface area contributed by atoms with Crippen molar-refractivity contribution in [2.45, 2.75) is 19.4 Å². The molecule has 0 radical (unpaired) electrons. The smallest absolute Gasteiger partial charge is 0.137 e. The predicted molar refractivity (Wildman–Crippen MR) is 60.2 cm³/mol. The lowest BCUT2D eigenvalue weighted by atomic mass is 10.2. The van der Waals surface area contributed by atoms with Gasteiger partial charge in [0.05, 0.1) is 5.69 Å². The van der Waals surface area contributed by atoms with Gasteiger partial charge >= 0.3 is 0 Å². The molecule has 0 aliphatic carbocycles. The number of pyridine rings is 1. The fourth-order valence-electron chi connectivity index (χ4n) is 1.45. The summed E-state index contributed by atoms with van der Waals surface area (Å²) in [5.74, 6) is 0. The van der Waals surface area contributed by atoms with Gasteiger partial charge in [-0.25, -0.2) is 4.98 Å². The molecule has 0 fully saturated rings. The first-order valence-corrected chi connectivity index (χ1v) is 5.33. The molecule has 2 rings (SSSR count). The third-order valence-corrected chi connectivity index (χ3v) is 2.47. The molecule has 74 valence electrons. The topological polar surface area (TPSA) is 43.3 Å².